The number of carbonyl (C=O) groups excluding carboxylic acids is 3. The third kappa shape index (κ3) is 4.68. The van der Waals surface area contributed by atoms with Crippen LogP contribution in [0.2, 0.25) is 0 Å². The van der Waals surface area contributed by atoms with Crippen LogP contribution in [0.5, 0.6) is 0 Å². The van der Waals surface area contributed by atoms with E-state index in [0.29, 0.717) is 6.42 Å². The maximum absolute atomic E-state index is 12.5. The Kier molecular flexibility index (Phi) is 5.99. The van der Waals surface area contributed by atoms with Crippen LogP contribution in [-0.4, -0.2) is 85.4 Å². The molecule has 4 amide bonds. The van der Waals surface area contributed by atoms with Crippen LogP contribution in [0.3, 0.4) is 0 Å². The number of sulfonamides is 1. The van der Waals surface area contributed by atoms with E-state index in [9.17, 15) is 22.8 Å². The fourth-order valence-corrected chi connectivity index (χ4v) is 4.21. The first kappa shape index (κ1) is 20.3. The highest BCUT2D eigenvalue weighted by molar-refractivity contribution is 7.88. The Morgan fingerprint density at radius 2 is 1.75 bits per heavy atom. The number of hydrogen-bond donors (Lipinski definition) is 1. The Hall–Kier alpha value is -2.46. The zero-order valence-electron chi connectivity index (χ0n) is 15.7. The summed E-state index contributed by atoms with van der Waals surface area (Å²) in [5, 5.41) is 2.58. The minimum absolute atomic E-state index is 0.120. The molecule has 152 valence electrons. The van der Waals surface area contributed by atoms with Crippen molar-refractivity contribution < 1.29 is 22.8 Å². The smallest absolute Gasteiger partial charge is 0.324 e. The molecule has 1 aromatic rings. The number of rotatable bonds is 6. The predicted molar refractivity (Wildman–Crippen MR) is 102 cm³/mol. The van der Waals surface area contributed by atoms with Gasteiger partial charge in [0.25, 0.3) is 5.91 Å². The van der Waals surface area contributed by atoms with Crippen molar-refractivity contribution in [2.75, 3.05) is 39.0 Å². The summed E-state index contributed by atoms with van der Waals surface area (Å²) in [6.07, 6.45) is 1.57. The monoisotopic (exact) mass is 408 g/mol. The second-order valence-corrected chi connectivity index (χ2v) is 8.96. The van der Waals surface area contributed by atoms with Crippen LogP contribution in [0.1, 0.15) is 12.0 Å². The number of carbonyl (C=O) groups is 3. The van der Waals surface area contributed by atoms with Crippen molar-refractivity contribution in [1.29, 1.82) is 0 Å². The highest BCUT2D eigenvalue weighted by Crippen LogP contribution is 2.14. The molecule has 2 aliphatic rings. The maximum atomic E-state index is 12.5. The first-order chi connectivity index (χ1) is 13.3. The van der Waals surface area contributed by atoms with Crippen molar-refractivity contribution in [3.05, 3.63) is 35.9 Å². The molecule has 1 aromatic carbocycles. The van der Waals surface area contributed by atoms with Crippen molar-refractivity contribution >= 4 is 27.9 Å². The van der Waals surface area contributed by atoms with Gasteiger partial charge in [-0.1, -0.05) is 30.3 Å². The van der Waals surface area contributed by atoms with Gasteiger partial charge in [-0.3, -0.25) is 14.5 Å². The Morgan fingerprint density at radius 3 is 2.36 bits per heavy atom. The Bertz CT molecular complexity index is 850. The maximum Gasteiger partial charge on any atom is 0.324 e. The summed E-state index contributed by atoms with van der Waals surface area (Å²) in [5.74, 6) is -0.666. The zero-order valence-corrected chi connectivity index (χ0v) is 16.5. The van der Waals surface area contributed by atoms with Crippen LogP contribution in [0.4, 0.5) is 4.79 Å². The first-order valence-electron chi connectivity index (χ1n) is 9.14. The third-order valence-electron chi connectivity index (χ3n) is 5.01. The number of piperazine rings is 1. The predicted octanol–water partition coefficient (Wildman–Crippen LogP) is -0.357. The van der Waals surface area contributed by atoms with Crippen LogP contribution in [0, 0.1) is 0 Å². The molecule has 10 heteroatoms. The van der Waals surface area contributed by atoms with E-state index in [4.69, 9.17) is 0 Å². The molecule has 0 aromatic heterocycles. The third-order valence-corrected chi connectivity index (χ3v) is 6.32. The van der Waals surface area contributed by atoms with Gasteiger partial charge in [0.15, 0.2) is 0 Å². The Morgan fingerprint density at radius 1 is 1.11 bits per heavy atom. The molecule has 1 N–H and O–H groups in total. The molecule has 3 rings (SSSR count). The normalized spacial score (nSPS) is 21.1. The Balaban J connectivity index is 1.51. The fraction of sp³-hybridized carbons (Fsp3) is 0.500. The van der Waals surface area contributed by atoms with E-state index in [1.54, 1.807) is 0 Å². The minimum Gasteiger partial charge on any atom is -0.340 e. The van der Waals surface area contributed by atoms with E-state index in [2.05, 4.69) is 5.32 Å². The summed E-state index contributed by atoms with van der Waals surface area (Å²) in [5.41, 5.74) is 1.02. The van der Waals surface area contributed by atoms with Crippen molar-refractivity contribution in [3.8, 4) is 0 Å². The molecule has 9 nitrogen and oxygen atoms in total. The summed E-state index contributed by atoms with van der Waals surface area (Å²) in [6, 6.07) is 8.18. The van der Waals surface area contributed by atoms with Crippen LogP contribution in [0.25, 0.3) is 0 Å². The molecule has 28 heavy (non-hydrogen) atoms. The lowest BCUT2D eigenvalue weighted by Gasteiger charge is -2.33. The second-order valence-electron chi connectivity index (χ2n) is 6.97. The summed E-state index contributed by atoms with van der Waals surface area (Å²) >= 11 is 0. The van der Waals surface area contributed by atoms with Crippen molar-refractivity contribution in [1.82, 2.24) is 19.4 Å². The molecular weight excluding hydrogens is 384 g/mol. The van der Waals surface area contributed by atoms with E-state index in [0.717, 1.165) is 16.7 Å². The first-order valence-corrected chi connectivity index (χ1v) is 11.0. The number of urea groups is 1. The highest BCUT2D eigenvalue weighted by atomic mass is 32.2. The molecular formula is C18H24N4O5S. The van der Waals surface area contributed by atoms with Gasteiger partial charge in [-0.25, -0.2) is 13.2 Å². The van der Waals surface area contributed by atoms with Crippen LogP contribution in [-0.2, 0) is 26.0 Å². The second kappa shape index (κ2) is 8.27. The van der Waals surface area contributed by atoms with Gasteiger partial charge in [-0.2, -0.15) is 4.31 Å². The van der Waals surface area contributed by atoms with Crippen molar-refractivity contribution in [2.24, 2.45) is 0 Å². The molecule has 0 radical (unpaired) electrons. The molecule has 0 aliphatic carbocycles. The topological polar surface area (TPSA) is 107 Å². The molecule has 2 fully saturated rings. The average Bonchev–Trinajstić information content (AvgIpc) is 2.93. The average molecular weight is 408 g/mol. The van der Waals surface area contributed by atoms with E-state index in [1.807, 2.05) is 30.3 Å². The van der Waals surface area contributed by atoms with Gasteiger partial charge in [-0.15, -0.1) is 0 Å². The Labute approximate surface area is 164 Å². The van der Waals surface area contributed by atoms with Crippen LogP contribution < -0.4 is 5.32 Å². The SMILES string of the molecule is CS(=O)(=O)N1CCN(C(=O)C[C@@H]2NC(=O)N(CCc3ccccc3)C2=O)CC1. The molecule has 1 atom stereocenters. The number of nitrogens with one attached hydrogen (secondary N) is 1. The van der Waals surface area contributed by atoms with Crippen LogP contribution >= 0.6 is 0 Å². The molecule has 0 bridgehead atoms. The van der Waals surface area contributed by atoms with Gasteiger partial charge < -0.3 is 10.2 Å². The van der Waals surface area contributed by atoms with E-state index < -0.39 is 28.0 Å². The lowest BCUT2D eigenvalue weighted by molar-refractivity contribution is -0.136. The summed E-state index contributed by atoms with van der Waals surface area (Å²) in [6.45, 7) is 1.28. The van der Waals surface area contributed by atoms with Crippen LogP contribution in [0.15, 0.2) is 30.3 Å². The summed E-state index contributed by atoms with van der Waals surface area (Å²) < 4.78 is 24.4. The van der Waals surface area contributed by atoms with Gasteiger partial charge >= 0.3 is 6.03 Å². The number of hydrogen-bond acceptors (Lipinski definition) is 5. The summed E-state index contributed by atoms with van der Waals surface area (Å²) in [4.78, 5) is 39.8. The molecule has 0 spiro atoms. The summed E-state index contributed by atoms with van der Waals surface area (Å²) in [7, 11) is -3.27. The molecule has 2 aliphatic heterocycles. The van der Waals surface area contributed by atoms with Crippen molar-refractivity contribution in [2.45, 2.75) is 18.9 Å². The largest absolute Gasteiger partial charge is 0.340 e. The molecule has 2 heterocycles. The fourth-order valence-electron chi connectivity index (χ4n) is 3.39. The number of amides is 4. The number of nitrogens with zero attached hydrogens (tertiary/aromatic N) is 3. The lowest BCUT2D eigenvalue weighted by atomic mass is 10.1. The van der Waals surface area contributed by atoms with Gasteiger partial charge in [0, 0.05) is 32.7 Å². The highest BCUT2D eigenvalue weighted by Gasteiger charge is 2.39. The van der Waals surface area contributed by atoms with Crippen molar-refractivity contribution in [3.63, 3.8) is 0 Å². The number of benzene rings is 1. The van der Waals surface area contributed by atoms with Gasteiger partial charge in [0.1, 0.15) is 6.04 Å². The molecule has 2 saturated heterocycles. The van der Waals surface area contributed by atoms with Gasteiger partial charge in [0.05, 0.1) is 12.7 Å². The quantitative estimate of drug-likeness (QED) is 0.647. The lowest BCUT2D eigenvalue weighted by Crippen LogP contribution is -2.51. The molecule has 0 saturated carbocycles. The van der Waals surface area contributed by atoms with E-state index >= 15 is 0 Å². The number of imide groups is 1. The standard InChI is InChI=1S/C18H24N4O5S/c1-28(26,27)21-11-9-20(10-12-21)16(23)13-15-17(24)22(18(25)19-15)8-7-14-5-3-2-4-6-14/h2-6,15H,7-13H2,1H3,(H,19,25)/t15-/m0/s1. The van der Waals surface area contributed by atoms with Gasteiger partial charge in [0.2, 0.25) is 15.9 Å². The van der Waals surface area contributed by atoms with Gasteiger partial charge in [-0.05, 0) is 12.0 Å². The minimum atomic E-state index is -3.27. The molecule has 0 unspecified atom stereocenters. The van der Waals surface area contributed by atoms with E-state index in [1.165, 1.54) is 9.21 Å². The van der Waals surface area contributed by atoms with E-state index in [-0.39, 0.29) is 45.1 Å². The zero-order chi connectivity index (χ0) is 20.3.